The van der Waals surface area contributed by atoms with Crippen molar-refractivity contribution in [2.45, 2.75) is 45.4 Å². The molecule has 0 heterocycles. The van der Waals surface area contributed by atoms with E-state index >= 15 is 0 Å². The Kier molecular flexibility index (Phi) is 7.43. The molecule has 1 rings (SSSR count). The van der Waals surface area contributed by atoms with Gasteiger partial charge in [-0.3, -0.25) is 0 Å². The largest absolute Gasteiger partial charge is 0.497 e. The maximum Gasteiger partial charge on any atom is 0.118 e. The second-order valence-electron chi connectivity index (χ2n) is 4.66. The van der Waals surface area contributed by atoms with Crippen LogP contribution in [0.1, 0.15) is 51.0 Å². The van der Waals surface area contributed by atoms with Gasteiger partial charge >= 0.3 is 0 Å². The number of rotatable bonds is 8. The lowest BCUT2D eigenvalue weighted by Gasteiger charge is -2.02. The smallest absolute Gasteiger partial charge is 0.118 e. The number of hydrogen-bond donors (Lipinski definition) is 0. The molecule has 0 saturated carbocycles. The van der Waals surface area contributed by atoms with Crippen LogP contribution in [0, 0.1) is 11.3 Å². The van der Waals surface area contributed by atoms with Gasteiger partial charge in [-0.05, 0) is 42.7 Å². The number of benzene rings is 1. The molecule has 1 aromatic rings. The number of nitriles is 1. The summed E-state index contributed by atoms with van der Waals surface area (Å²) in [5.74, 6) is 0.820. The quantitative estimate of drug-likeness (QED) is 0.487. The summed E-state index contributed by atoms with van der Waals surface area (Å²) in [7, 11) is 1.65. The van der Waals surface area contributed by atoms with Gasteiger partial charge in [0, 0.05) is 0 Å². The standard InChI is InChI=1S/C17H23NO/c1-3-4-5-6-7-8-9-16(14-18)15-10-12-17(19-2)13-11-15/h9-13H,3-8H2,1-2H3/b16-9-. The summed E-state index contributed by atoms with van der Waals surface area (Å²) in [5.41, 5.74) is 1.73. The van der Waals surface area contributed by atoms with E-state index < -0.39 is 0 Å². The third kappa shape index (κ3) is 5.61. The number of ether oxygens (including phenoxy) is 1. The van der Waals surface area contributed by atoms with Crippen molar-refractivity contribution in [3.63, 3.8) is 0 Å². The van der Waals surface area contributed by atoms with Gasteiger partial charge in [0.2, 0.25) is 0 Å². The van der Waals surface area contributed by atoms with E-state index in [-0.39, 0.29) is 0 Å². The van der Waals surface area contributed by atoms with Gasteiger partial charge in [0.15, 0.2) is 0 Å². The van der Waals surface area contributed by atoms with Crippen molar-refractivity contribution in [3.05, 3.63) is 35.9 Å². The molecule has 2 nitrogen and oxygen atoms in total. The van der Waals surface area contributed by atoms with Crippen LogP contribution in [-0.2, 0) is 0 Å². The highest BCUT2D eigenvalue weighted by molar-refractivity contribution is 5.76. The first-order chi connectivity index (χ1) is 9.31. The molecule has 0 fully saturated rings. The summed E-state index contributed by atoms with van der Waals surface area (Å²) in [6, 6.07) is 9.93. The Balaban J connectivity index is 2.49. The summed E-state index contributed by atoms with van der Waals surface area (Å²) in [5, 5.41) is 9.20. The van der Waals surface area contributed by atoms with Crippen LogP contribution < -0.4 is 4.74 Å². The van der Waals surface area contributed by atoms with Gasteiger partial charge in [-0.15, -0.1) is 0 Å². The zero-order valence-corrected chi connectivity index (χ0v) is 12.0. The maximum atomic E-state index is 9.20. The first-order valence-corrected chi connectivity index (χ1v) is 7.06. The summed E-state index contributed by atoms with van der Waals surface area (Å²) in [4.78, 5) is 0. The summed E-state index contributed by atoms with van der Waals surface area (Å²) < 4.78 is 5.12. The van der Waals surface area contributed by atoms with Crippen molar-refractivity contribution in [1.29, 1.82) is 5.26 Å². The molecule has 0 spiro atoms. The van der Waals surface area contributed by atoms with Crippen LogP contribution in [0.3, 0.4) is 0 Å². The monoisotopic (exact) mass is 257 g/mol. The van der Waals surface area contributed by atoms with E-state index in [1.54, 1.807) is 7.11 Å². The molecule has 0 N–H and O–H groups in total. The topological polar surface area (TPSA) is 33.0 Å². The van der Waals surface area contributed by atoms with E-state index in [1.807, 2.05) is 30.3 Å². The lowest BCUT2D eigenvalue weighted by Crippen LogP contribution is -1.85. The van der Waals surface area contributed by atoms with Crippen LogP contribution in [0.4, 0.5) is 0 Å². The number of allylic oxidation sites excluding steroid dienone is 2. The van der Waals surface area contributed by atoms with Crippen molar-refractivity contribution in [2.24, 2.45) is 0 Å². The molecular formula is C17H23NO. The van der Waals surface area contributed by atoms with Gasteiger partial charge in [0.05, 0.1) is 18.8 Å². The minimum Gasteiger partial charge on any atom is -0.497 e. The molecule has 0 bridgehead atoms. The third-order valence-corrected chi connectivity index (χ3v) is 3.18. The molecular weight excluding hydrogens is 234 g/mol. The van der Waals surface area contributed by atoms with Crippen LogP contribution in [0.25, 0.3) is 5.57 Å². The minimum atomic E-state index is 0.762. The van der Waals surface area contributed by atoms with E-state index in [2.05, 4.69) is 13.0 Å². The zero-order valence-electron chi connectivity index (χ0n) is 12.0. The van der Waals surface area contributed by atoms with Crippen LogP contribution >= 0.6 is 0 Å². The van der Waals surface area contributed by atoms with Gasteiger partial charge < -0.3 is 4.74 Å². The van der Waals surface area contributed by atoms with E-state index in [0.717, 1.165) is 23.3 Å². The van der Waals surface area contributed by atoms with E-state index in [9.17, 15) is 5.26 Å². The number of nitrogens with zero attached hydrogens (tertiary/aromatic N) is 1. The predicted molar refractivity (Wildman–Crippen MR) is 80.0 cm³/mol. The van der Waals surface area contributed by atoms with E-state index in [0.29, 0.717) is 0 Å². The Labute approximate surface area is 116 Å². The molecule has 0 saturated heterocycles. The highest BCUT2D eigenvalue weighted by Crippen LogP contribution is 2.19. The maximum absolute atomic E-state index is 9.20. The Bertz CT molecular complexity index is 426. The van der Waals surface area contributed by atoms with Crippen molar-refractivity contribution in [3.8, 4) is 11.8 Å². The Morgan fingerprint density at radius 3 is 2.42 bits per heavy atom. The average Bonchev–Trinajstić information content (AvgIpc) is 2.47. The van der Waals surface area contributed by atoms with Gasteiger partial charge in [0.25, 0.3) is 0 Å². The molecule has 0 aliphatic rings. The number of methoxy groups -OCH3 is 1. The summed E-state index contributed by atoms with van der Waals surface area (Å²) in [6.45, 7) is 2.22. The molecule has 102 valence electrons. The molecule has 0 aliphatic carbocycles. The summed E-state index contributed by atoms with van der Waals surface area (Å²) >= 11 is 0. The molecule has 1 aromatic carbocycles. The SMILES string of the molecule is CCCCCCC/C=C(/C#N)c1ccc(OC)cc1. The molecule has 0 atom stereocenters. The molecule has 0 aromatic heterocycles. The van der Waals surface area contributed by atoms with Gasteiger partial charge in [-0.2, -0.15) is 5.26 Å². The molecule has 0 amide bonds. The van der Waals surface area contributed by atoms with Crippen LogP contribution in [0.15, 0.2) is 30.3 Å². The normalized spacial score (nSPS) is 11.1. The van der Waals surface area contributed by atoms with Crippen molar-refractivity contribution < 1.29 is 4.74 Å². The molecule has 19 heavy (non-hydrogen) atoms. The molecule has 0 radical (unpaired) electrons. The highest BCUT2D eigenvalue weighted by atomic mass is 16.5. The number of unbranched alkanes of at least 4 members (excludes halogenated alkanes) is 5. The third-order valence-electron chi connectivity index (χ3n) is 3.18. The molecule has 0 unspecified atom stereocenters. The highest BCUT2D eigenvalue weighted by Gasteiger charge is 2.00. The lowest BCUT2D eigenvalue weighted by atomic mass is 10.0. The van der Waals surface area contributed by atoms with Crippen LogP contribution in [-0.4, -0.2) is 7.11 Å². The van der Waals surface area contributed by atoms with Crippen molar-refractivity contribution >= 4 is 5.57 Å². The molecule has 2 heteroatoms. The fourth-order valence-electron chi connectivity index (χ4n) is 1.99. The first kappa shape index (κ1) is 15.3. The summed E-state index contributed by atoms with van der Waals surface area (Å²) in [6.07, 6.45) is 9.34. The number of hydrogen-bond acceptors (Lipinski definition) is 2. The lowest BCUT2D eigenvalue weighted by molar-refractivity contribution is 0.415. The van der Waals surface area contributed by atoms with Crippen LogP contribution in [0.5, 0.6) is 5.75 Å². The van der Waals surface area contributed by atoms with Crippen molar-refractivity contribution in [2.75, 3.05) is 7.11 Å². The zero-order chi connectivity index (χ0) is 13.9. The first-order valence-electron chi connectivity index (χ1n) is 7.06. The van der Waals surface area contributed by atoms with E-state index in [4.69, 9.17) is 4.74 Å². The van der Waals surface area contributed by atoms with Gasteiger partial charge in [0.1, 0.15) is 5.75 Å². The molecule has 0 aliphatic heterocycles. The second kappa shape index (κ2) is 9.22. The Morgan fingerprint density at radius 1 is 1.16 bits per heavy atom. The second-order valence-corrected chi connectivity index (χ2v) is 4.66. The fraction of sp³-hybridized carbons (Fsp3) is 0.471. The van der Waals surface area contributed by atoms with Crippen molar-refractivity contribution in [1.82, 2.24) is 0 Å². The fourth-order valence-corrected chi connectivity index (χ4v) is 1.99. The van der Waals surface area contributed by atoms with Gasteiger partial charge in [-0.25, -0.2) is 0 Å². The van der Waals surface area contributed by atoms with E-state index in [1.165, 1.54) is 32.1 Å². The van der Waals surface area contributed by atoms with Gasteiger partial charge in [-0.1, -0.05) is 38.7 Å². The predicted octanol–water partition coefficient (Wildman–Crippen LogP) is 4.96. The Morgan fingerprint density at radius 2 is 1.84 bits per heavy atom. The Hall–Kier alpha value is -1.75. The van der Waals surface area contributed by atoms with Crippen LogP contribution in [0.2, 0.25) is 0 Å². The average molecular weight is 257 g/mol. The minimum absolute atomic E-state index is 0.762.